The van der Waals surface area contributed by atoms with E-state index in [-0.39, 0.29) is 0 Å². The molecule has 0 aliphatic carbocycles. The van der Waals surface area contributed by atoms with E-state index in [2.05, 4.69) is 11.1 Å². The van der Waals surface area contributed by atoms with E-state index in [4.69, 9.17) is 4.74 Å². The monoisotopic (exact) mass is 292 g/mol. The lowest BCUT2D eigenvalue weighted by Crippen LogP contribution is -1.90. The van der Waals surface area contributed by atoms with E-state index >= 15 is 0 Å². The molecule has 0 spiro atoms. The molecule has 0 fully saturated rings. The molecule has 0 unspecified atom stereocenters. The molecule has 0 bridgehead atoms. The molecule has 4 heteroatoms. The average molecular weight is 292 g/mol. The van der Waals surface area contributed by atoms with E-state index in [0.717, 1.165) is 15.8 Å². The fraction of sp³-hybridized carbons (Fsp3) is 0.0588. The lowest BCUT2D eigenvalue weighted by molar-refractivity contribution is 0.480. The van der Waals surface area contributed by atoms with Crippen LogP contribution in [0, 0.1) is 11.3 Å². The quantitative estimate of drug-likeness (QED) is 0.661. The SMILES string of the molecule is CSc1cccc(Oc2ccc3cccnc3c2)c1C#N. The number of nitrogens with zero attached hydrogens (tertiary/aromatic N) is 2. The Morgan fingerprint density at radius 1 is 1.14 bits per heavy atom. The number of pyridine rings is 1. The van der Waals surface area contributed by atoms with Gasteiger partial charge in [-0.3, -0.25) is 4.98 Å². The molecule has 3 aromatic rings. The van der Waals surface area contributed by atoms with Gasteiger partial charge in [-0.05, 0) is 36.6 Å². The van der Waals surface area contributed by atoms with E-state index in [0.29, 0.717) is 17.1 Å². The first-order valence-corrected chi connectivity index (χ1v) is 7.64. The molecule has 3 nitrogen and oxygen atoms in total. The van der Waals surface area contributed by atoms with Crippen molar-refractivity contribution in [2.75, 3.05) is 6.26 Å². The van der Waals surface area contributed by atoms with Crippen molar-refractivity contribution in [3.8, 4) is 17.6 Å². The number of fused-ring (bicyclic) bond motifs is 1. The zero-order valence-electron chi connectivity index (χ0n) is 11.4. The first-order valence-electron chi connectivity index (χ1n) is 6.41. The number of hydrogen-bond donors (Lipinski definition) is 0. The molecule has 0 N–H and O–H groups in total. The Labute approximate surface area is 127 Å². The van der Waals surface area contributed by atoms with Crippen LogP contribution in [-0.2, 0) is 0 Å². The van der Waals surface area contributed by atoms with Crippen molar-refractivity contribution >= 4 is 22.7 Å². The van der Waals surface area contributed by atoms with E-state index in [1.807, 2.05) is 48.7 Å². The van der Waals surface area contributed by atoms with Gasteiger partial charge in [-0.1, -0.05) is 12.1 Å². The Bertz CT molecular complexity index is 840. The van der Waals surface area contributed by atoms with Crippen molar-refractivity contribution in [2.24, 2.45) is 0 Å². The summed E-state index contributed by atoms with van der Waals surface area (Å²) in [7, 11) is 0. The first kappa shape index (κ1) is 13.5. The Hall–Kier alpha value is -2.51. The number of hydrogen-bond acceptors (Lipinski definition) is 4. The number of ether oxygens (including phenoxy) is 1. The van der Waals surface area contributed by atoms with E-state index < -0.39 is 0 Å². The van der Waals surface area contributed by atoms with Crippen molar-refractivity contribution in [2.45, 2.75) is 4.90 Å². The summed E-state index contributed by atoms with van der Waals surface area (Å²) in [6, 6.07) is 17.4. The van der Waals surface area contributed by atoms with E-state index in [1.165, 1.54) is 11.8 Å². The van der Waals surface area contributed by atoms with Gasteiger partial charge in [0.05, 0.1) is 5.52 Å². The predicted octanol–water partition coefficient (Wildman–Crippen LogP) is 4.62. The van der Waals surface area contributed by atoms with Gasteiger partial charge in [0.15, 0.2) is 0 Å². The highest BCUT2D eigenvalue weighted by molar-refractivity contribution is 7.98. The van der Waals surface area contributed by atoms with Gasteiger partial charge in [0.25, 0.3) is 0 Å². The summed E-state index contributed by atoms with van der Waals surface area (Å²) in [5, 5.41) is 10.4. The van der Waals surface area contributed by atoms with Crippen molar-refractivity contribution in [3.63, 3.8) is 0 Å². The van der Waals surface area contributed by atoms with Gasteiger partial charge in [-0.2, -0.15) is 5.26 Å². The fourth-order valence-corrected chi connectivity index (χ4v) is 2.68. The second-order valence-electron chi connectivity index (χ2n) is 4.41. The Morgan fingerprint density at radius 3 is 2.86 bits per heavy atom. The summed E-state index contributed by atoms with van der Waals surface area (Å²) >= 11 is 1.53. The maximum atomic E-state index is 9.32. The zero-order chi connectivity index (χ0) is 14.7. The third-order valence-electron chi connectivity index (χ3n) is 3.12. The highest BCUT2D eigenvalue weighted by Gasteiger charge is 2.09. The van der Waals surface area contributed by atoms with Crippen LogP contribution in [0.1, 0.15) is 5.56 Å². The molecule has 0 aliphatic rings. The molecule has 1 heterocycles. The number of rotatable bonds is 3. The van der Waals surface area contributed by atoms with Crippen molar-refractivity contribution < 1.29 is 4.74 Å². The van der Waals surface area contributed by atoms with Crippen molar-refractivity contribution in [1.29, 1.82) is 5.26 Å². The van der Waals surface area contributed by atoms with Crippen LogP contribution in [0.2, 0.25) is 0 Å². The topological polar surface area (TPSA) is 45.9 Å². The van der Waals surface area contributed by atoms with Crippen LogP contribution < -0.4 is 4.74 Å². The van der Waals surface area contributed by atoms with Crippen LogP contribution in [0.15, 0.2) is 59.6 Å². The van der Waals surface area contributed by atoms with Gasteiger partial charge in [-0.25, -0.2) is 0 Å². The molecule has 1 aromatic heterocycles. The molecule has 0 radical (unpaired) electrons. The maximum absolute atomic E-state index is 9.32. The number of benzene rings is 2. The summed E-state index contributed by atoms with van der Waals surface area (Å²) in [4.78, 5) is 5.22. The summed E-state index contributed by atoms with van der Waals surface area (Å²) < 4.78 is 5.88. The Kier molecular flexibility index (Phi) is 3.76. The summed E-state index contributed by atoms with van der Waals surface area (Å²) in [6.07, 6.45) is 3.70. The van der Waals surface area contributed by atoms with Gasteiger partial charge in [0, 0.05) is 22.5 Å². The van der Waals surface area contributed by atoms with Crippen molar-refractivity contribution in [1.82, 2.24) is 4.98 Å². The van der Waals surface area contributed by atoms with Gasteiger partial charge >= 0.3 is 0 Å². The number of aromatic nitrogens is 1. The van der Waals surface area contributed by atoms with Gasteiger partial charge < -0.3 is 4.74 Å². The summed E-state index contributed by atoms with van der Waals surface area (Å²) in [5.74, 6) is 1.25. The minimum atomic E-state index is 0.561. The second kappa shape index (κ2) is 5.86. The molecular formula is C17H12N2OS. The molecular weight excluding hydrogens is 280 g/mol. The third kappa shape index (κ3) is 2.69. The largest absolute Gasteiger partial charge is 0.456 e. The third-order valence-corrected chi connectivity index (χ3v) is 3.90. The molecule has 2 aromatic carbocycles. The smallest absolute Gasteiger partial charge is 0.146 e. The molecule has 0 saturated carbocycles. The average Bonchev–Trinajstić information content (AvgIpc) is 2.54. The molecule has 0 amide bonds. The first-order chi connectivity index (χ1) is 10.3. The van der Waals surface area contributed by atoms with Crippen LogP contribution in [0.4, 0.5) is 0 Å². The minimum absolute atomic E-state index is 0.561. The highest BCUT2D eigenvalue weighted by Crippen LogP contribution is 2.32. The van der Waals surface area contributed by atoms with Crippen LogP contribution in [0.5, 0.6) is 11.5 Å². The molecule has 0 aliphatic heterocycles. The molecule has 0 atom stereocenters. The summed E-state index contributed by atoms with van der Waals surface area (Å²) in [5.41, 5.74) is 1.43. The van der Waals surface area contributed by atoms with Gasteiger partial charge in [0.1, 0.15) is 23.1 Å². The summed E-state index contributed by atoms with van der Waals surface area (Å²) in [6.45, 7) is 0. The Morgan fingerprint density at radius 2 is 2.05 bits per heavy atom. The lowest BCUT2D eigenvalue weighted by atomic mass is 10.2. The van der Waals surface area contributed by atoms with Crippen molar-refractivity contribution in [3.05, 3.63) is 60.3 Å². The Balaban J connectivity index is 2.01. The van der Waals surface area contributed by atoms with Crippen LogP contribution in [0.3, 0.4) is 0 Å². The number of nitriles is 1. The van der Waals surface area contributed by atoms with Gasteiger partial charge in [0.2, 0.25) is 0 Å². The number of thioether (sulfide) groups is 1. The minimum Gasteiger partial charge on any atom is -0.456 e. The zero-order valence-corrected chi connectivity index (χ0v) is 12.2. The van der Waals surface area contributed by atoms with Crippen LogP contribution >= 0.6 is 11.8 Å². The van der Waals surface area contributed by atoms with Gasteiger partial charge in [-0.15, -0.1) is 11.8 Å². The molecule has 0 saturated heterocycles. The van der Waals surface area contributed by atoms with E-state index in [1.54, 1.807) is 12.3 Å². The fourth-order valence-electron chi connectivity index (χ4n) is 2.11. The second-order valence-corrected chi connectivity index (χ2v) is 5.25. The van der Waals surface area contributed by atoms with Crippen LogP contribution in [-0.4, -0.2) is 11.2 Å². The van der Waals surface area contributed by atoms with Crippen LogP contribution in [0.25, 0.3) is 10.9 Å². The molecule has 3 rings (SSSR count). The lowest BCUT2D eigenvalue weighted by Gasteiger charge is -2.10. The molecule has 21 heavy (non-hydrogen) atoms. The van der Waals surface area contributed by atoms with E-state index in [9.17, 15) is 5.26 Å². The standard InChI is InChI=1S/C17H12N2OS/c1-21-17-6-2-5-16(14(17)11-18)20-13-8-7-12-4-3-9-19-15(12)10-13/h2-10H,1H3. The maximum Gasteiger partial charge on any atom is 0.146 e. The normalized spacial score (nSPS) is 10.3. The predicted molar refractivity (Wildman–Crippen MR) is 84.8 cm³/mol. The molecule has 102 valence electrons. The highest BCUT2D eigenvalue weighted by atomic mass is 32.2.